The van der Waals surface area contributed by atoms with E-state index >= 15 is 0 Å². The van der Waals surface area contributed by atoms with Gasteiger partial charge in [0.2, 0.25) is 5.91 Å². The Labute approximate surface area is 151 Å². The average Bonchev–Trinajstić information content (AvgIpc) is 3.32. The summed E-state index contributed by atoms with van der Waals surface area (Å²) in [5.41, 5.74) is 1.88. The van der Waals surface area contributed by atoms with Crippen LogP contribution in [-0.4, -0.2) is 38.3 Å². The van der Waals surface area contributed by atoms with Crippen molar-refractivity contribution in [3.05, 3.63) is 48.5 Å². The number of aromatic nitrogens is 4. The number of ether oxygens (including phenoxy) is 1. The zero-order valence-corrected chi connectivity index (χ0v) is 14.6. The first-order valence-corrected chi connectivity index (χ1v) is 9.08. The van der Waals surface area contributed by atoms with Gasteiger partial charge in [0.1, 0.15) is 19.0 Å². The average molecular weight is 353 g/mol. The minimum atomic E-state index is -0.0661. The van der Waals surface area contributed by atoms with Gasteiger partial charge in [-0.25, -0.2) is 4.98 Å². The summed E-state index contributed by atoms with van der Waals surface area (Å²) in [6.07, 6.45) is 7.83. The minimum Gasteiger partial charge on any atom is -0.364 e. The second kappa shape index (κ2) is 7.70. The molecule has 0 spiro atoms. The molecule has 26 heavy (non-hydrogen) atoms. The Morgan fingerprint density at radius 3 is 2.85 bits per heavy atom. The van der Waals surface area contributed by atoms with E-state index in [1.165, 1.54) is 0 Å². The molecule has 136 valence electrons. The molecule has 0 unspecified atom stereocenters. The number of imidazole rings is 1. The van der Waals surface area contributed by atoms with Gasteiger partial charge in [-0.15, -0.1) is 0 Å². The van der Waals surface area contributed by atoms with Crippen molar-refractivity contribution in [3.8, 4) is 0 Å². The number of nitrogens with zero attached hydrogens (tertiary/aromatic N) is 3. The van der Waals surface area contributed by atoms with Crippen LogP contribution >= 0.6 is 0 Å². The number of benzene rings is 1. The first-order valence-electron chi connectivity index (χ1n) is 9.08. The molecule has 7 heteroatoms. The quantitative estimate of drug-likeness (QED) is 0.713. The highest BCUT2D eigenvalue weighted by molar-refractivity contribution is 5.77. The normalized spacial score (nSPS) is 20.3. The van der Waals surface area contributed by atoms with E-state index in [9.17, 15) is 4.79 Å². The number of amides is 1. The van der Waals surface area contributed by atoms with Crippen molar-refractivity contribution in [1.82, 2.24) is 25.1 Å². The van der Waals surface area contributed by atoms with Gasteiger partial charge in [0, 0.05) is 18.4 Å². The maximum atomic E-state index is 12.1. The third-order valence-corrected chi connectivity index (χ3v) is 4.87. The highest BCUT2D eigenvalue weighted by Crippen LogP contribution is 2.27. The number of H-pyrrole nitrogens is 1. The number of hydrogen-bond donors (Lipinski definition) is 2. The number of nitrogens with one attached hydrogen (secondary N) is 2. The molecule has 4 rings (SSSR count). The van der Waals surface area contributed by atoms with Gasteiger partial charge in [-0.1, -0.05) is 12.1 Å². The summed E-state index contributed by atoms with van der Waals surface area (Å²) in [4.78, 5) is 19.7. The van der Waals surface area contributed by atoms with Gasteiger partial charge in [0.05, 0.1) is 17.1 Å². The lowest BCUT2D eigenvalue weighted by Gasteiger charge is -2.29. The molecule has 1 fully saturated rings. The SMILES string of the molecule is O=C(COCc1nc2ccccc2[nH]1)NC1CCC(n2cccn2)CC1. The van der Waals surface area contributed by atoms with Crippen molar-refractivity contribution in [3.63, 3.8) is 0 Å². The van der Waals surface area contributed by atoms with Gasteiger partial charge in [-0.2, -0.15) is 5.10 Å². The predicted molar refractivity (Wildman–Crippen MR) is 97.4 cm³/mol. The van der Waals surface area contributed by atoms with Crippen LogP contribution < -0.4 is 5.32 Å². The van der Waals surface area contributed by atoms with Crippen LogP contribution in [0, 0.1) is 0 Å². The van der Waals surface area contributed by atoms with Crippen molar-refractivity contribution < 1.29 is 9.53 Å². The molecular formula is C19H23N5O2. The molecule has 2 aromatic heterocycles. The molecule has 1 amide bonds. The summed E-state index contributed by atoms with van der Waals surface area (Å²) in [5.74, 6) is 0.669. The maximum absolute atomic E-state index is 12.1. The van der Waals surface area contributed by atoms with Gasteiger partial charge in [-0.3, -0.25) is 9.48 Å². The number of para-hydroxylation sites is 2. The first kappa shape index (κ1) is 16.8. The van der Waals surface area contributed by atoms with E-state index in [2.05, 4.69) is 20.4 Å². The lowest BCUT2D eigenvalue weighted by Crippen LogP contribution is -2.39. The van der Waals surface area contributed by atoms with E-state index in [0.29, 0.717) is 12.6 Å². The third kappa shape index (κ3) is 3.94. The lowest BCUT2D eigenvalue weighted by atomic mass is 9.91. The van der Waals surface area contributed by atoms with E-state index in [-0.39, 0.29) is 18.6 Å². The van der Waals surface area contributed by atoms with E-state index in [1.54, 1.807) is 0 Å². The second-order valence-electron chi connectivity index (χ2n) is 6.75. The van der Waals surface area contributed by atoms with Crippen molar-refractivity contribution in [2.75, 3.05) is 6.61 Å². The molecule has 2 heterocycles. The van der Waals surface area contributed by atoms with Crippen LogP contribution in [0.15, 0.2) is 42.7 Å². The fourth-order valence-corrected chi connectivity index (χ4v) is 3.57. The molecule has 3 aromatic rings. The van der Waals surface area contributed by atoms with Gasteiger partial charge < -0.3 is 15.0 Å². The number of aromatic amines is 1. The molecule has 0 atom stereocenters. The predicted octanol–water partition coefficient (Wildman–Crippen LogP) is 2.58. The summed E-state index contributed by atoms with van der Waals surface area (Å²) >= 11 is 0. The van der Waals surface area contributed by atoms with E-state index in [1.807, 2.05) is 47.4 Å². The number of fused-ring (bicyclic) bond motifs is 1. The number of carbonyl (C=O) groups excluding carboxylic acids is 1. The highest BCUT2D eigenvalue weighted by Gasteiger charge is 2.23. The summed E-state index contributed by atoms with van der Waals surface area (Å²) < 4.78 is 7.54. The fourth-order valence-electron chi connectivity index (χ4n) is 3.57. The molecule has 0 radical (unpaired) electrons. The van der Waals surface area contributed by atoms with Crippen LogP contribution in [-0.2, 0) is 16.1 Å². The zero-order valence-electron chi connectivity index (χ0n) is 14.6. The van der Waals surface area contributed by atoms with E-state index < -0.39 is 0 Å². The molecule has 0 bridgehead atoms. The smallest absolute Gasteiger partial charge is 0.246 e. The molecule has 1 aliphatic rings. The number of carbonyl (C=O) groups is 1. The Kier molecular flexibility index (Phi) is 4.97. The monoisotopic (exact) mass is 353 g/mol. The summed E-state index contributed by atoms with van der Waals surface area (Å²) in [7, 11) is 0. The highest BCUT2D eigenvalue weighted by atomic mass is 16.5. The Balaban J connectivity index is 1.18. The van der Waals surface area contributed by atoms with Crippen LogP contribution in [0.1, 0.15) is 37.5 Å². The first-order chi connectivity index (χ1) is 12.8. The van der Waals surface area contributed by atoms with Crippen molar-refractivity contribution >= 4 is 16.9 Å². The van der Waals surface area contributed by atoms with E-state index in [4.69, 9.17) is 4.74 Å². The van der Waals surface area contributed by atoms with Crippen LogP contribution in [0.2, 0.25) is 0 Å². The van der Waals surface area contributed by atoms with Crippen molar-refractivity contribution in [2.45, 2.75) is 44.4 Å². The Bertz CT molecular complexity index is 817. The molecule has 7 nitrogen and oxygen atoms in total. The Morgan fingerprint density at radius 2 is 2.08 bits per heavy atom. The van der Waals surface area contributed by atoms with Crippen LogP contribution in [0.4, 0.5) is 0 Å². The number of hydrogen-bond acceptors (Lipinski definition) is 4. The molecule has 0 aliphatic heterocycles. The summed E-state index contributed by atoms with van der Waals surface area (Å²) in [5, 5.41) is 7.38. The van der Waals surface area contributed by atoms with Gasteiger partial charge in [0.25, 0.3) is 0 Å². The fraction of sp³-hybridized carbons (Fsp3) is 0.421. The molecule has 1 saturated carbocycles. The third-order valence-electron chi connectivity index (χ3n) is 4.87. The van der Waals surface area contributed by atoms with Crippen molar-refractivity contribution in [2.24, 2.45) is 0 Å². The van der Waals surface area contributed by atoms with E-state index in [0.717, 1.165) is 42.5 Å². The standard InChI is InChI=1S/C19H23N5O2/c25-19(13-26-12-18-22-16-4-1-2-5-17(16)23-18)21-14-6-8-15(9-7-14)24-11-3-10-20-24/h1-5,10-11,14-15H,6-9,12-13H2,(H,21,25)(H,22,23). The van der Waals surface area contributed by atoms with Crippen LogP contribution in [0.3, 0.4) is 0 Å². The largest absolute Gasteiger partial charge is 0.364 e. The van der Waals surface area contributed by atoms with Crippen LogP contribution in [0.5, 0.6) is 0 Å². The van der Waals surface area contributed by atoms with Gasteiger partial charge >= 0.3 is 0 Å². The van der Waals surface area contributed by atoms with Crippen LogP contribution in [0.25, 0.3) is 11.0 Å². The molecule has 1 aromatic carbocycles. The Hall–Kier alpha value is -2.67. The maximum Gasteiger partial charge on any atom is 0.246 e. The summed E-state index contributed by atoms with van der Waals surface area (Å²) in [6, 6.07) is 10.4. The second-order valence-corrected chi connectivity index (χ2v) is 6.75. The zero-order chi connectivity index (χ0) is 17.8. The molecular weight excluding hydrogens is 330 g/mol. The van der Waals surface area contributed by atoms with Gasteiger partial charge in [0.15, 0.2) is 0 Å². The molecule has 1 aliphatic carbocycles. The minimum absolute atomic E-state index is 0.0517. The summed E-state index contributed by atoms with van der Waals surface area (Å²) in [6.45, 7) is 0.351. The van der Waals surface area contributed by atoms with Gasteiger partial charge in [-0.05, 0) is 43.9 Å². The van der Waals surface area contributed by atoms with Crippen molar-refractivity contribution in [1.29, 1.82) is 0 Å². The molecule has 0 saturated heterocycles. The topological polar surface area (TPSA) is 84.8 Å². The molecule has 2 N–H and O–H groups in total. The number of rotatable bonds is 6. The lowest BCUT2D eigenvalue weighted by molar-refractivity contribution is -0.127. The Morgan fingerprint density at radius 1 is 1.23 bits per heavy atom.